The van der Waals surface area contributed by atoms with Crippen molar-refractivity contribution in [3.8, 4) is 0 Å². The number of oxazole rings is 1. The Labute approximate surface area is 117 Å². The van der Waals surface area contributed by atoms with Crippen LogP contribution in [0.2, 0.25) is 0 Å². The number of nitrogens with one attached hydrogen (secondary N) is 1. The minimum Gasteiger partial charge on any atom is -0.423 e. The molecule has 1 heterocycles. The van der Waals surface area contributed by atoms with E-state index in [1.54, 1.807) is 0 Å². The Hall–Kier alpha value is -2.32. The normalized spacial score (nSPS) is 11.8. The van der Waals surface area contributed by atoms with Gasteiger partial charge >= 0.3 is 6.18 Å². The zero-order valence-electron chi connectivity index (χ0n) is 10.8. The predicted molar refractivity (Wildman–Crippen MR) is 69.1 cm³/mol. The Bertz CT molecular complexity index is 639. The zero-order chi connectivity index (χ0) is 15.5. The lowest BCUT2D eigenvalue weighted by Crippen LogP contribution is -2.08. The first-order valence-electron chi connectivity index (χ1n) is 6.21. The third-order valence-electron chi connectivity index (χ3n) is 2.76. The van der Waals surface area contributed by atoms with Crippen LogP contribution in [0.15, 0.2) is 22.6 Å². The van der Waals surface area contributed by atoms with Gasteiger partial charge in [-0.1, -0.05) is 6.07 Å². The molecule has 0 saturated carbocycles. The average Bonchev–Trinajstić information content (AvgIpc) is 2.79. The van der Waals surface area contributed by atoms with E-state index in [0.29, 0.717) is 6.42 Å². The van der Waals surface area contributed by atoms with Crippen molar-refractivity contribution >= 4 is 22.8 Å². The molecule has 0 spiro atoms. The SMILES string of the molecule is O=[N+]([O-])c1cccc2oc(NCCCCC(F)(F)F)nc12. The van der Waals surface area contributed by atoms with Gasteiger partial charge in [-0.25, -0.2) is 0 Å². The topological polar surface area (TPSA) is 81.2 Å². The van der Waals surface area contributed by atoms with E-state index in [4.69, 9.17) is 4.42 Å². The molecule has 0 aliphatic carbocycles. The molecule has 1 N–H and O–H groups in total. The molecule has 0 amide bonds. The molecule has 1 aromatic heterocycles. The number of unbranched alkanes of at least 4 members (excludes halogenated alkanes) is 1. The van der Waals surface area contributed by atoms with Gasteiger partial charge in [0.25, 0.3) is 11.7 Å². The predicted octanol–water partition coefficient (Wildman–Crippen LogP) is 3.88. The number of nitro groups is 1. The molecule has 0 saturated heterocycles. The highest BCUT2D eigenvalue weighted by Crippen LogP contribution is 2.27. The number of rotatable bonds is 6. The lowest BCUT2D eigenvalue weighted by Gasteiger charge is -2.05. The lowest BCUT2D eigenvalue weighted by molar-refractivity contribution is -0.383. The number of halogens is 3. The maximum Gasteiger partial charge on any atom is 0.389 e. The summed E-state index contributed by atoms with van der Waals surface area (Å²) in [5, 5.41) is 13.5. The molecule has 2 aromatic rings. The van der Waals surface area contributed by atoms with Crippen molar-refractivity contribution in [3.63, 3.8) is 0 Å². The van der Waals surface area contributed by atoms with Gasteiger partial charge in [-0.3, -0.25) is 10.1 Å². The fraction of sp³-hybridized carbons (Fsp3) is 0.417. The number of nitro benzene ring substituents is 1. The van der Waals surface area contributed by atoms with Crippen LogP contribution in [0.4, 0.5) is 24.9 Å². The maximum atomic E-state index is 12.0. The van der Waals surface area contributed by atoms with Crippen LogP contribution in [0.5, 0.6) is 0 Å². The highest BCUT2D eigenvalue weighted by Gasteiger charge is 2.25. The summed E-state index contributed by atoms with van der Waals surface area (Å²) >= 11 is 0. The van der Waals surface area contributed by atoms with E-state index < -0.39 is 17.5 Å². The van der Waals surface area contributed by atoms with Crippen molar-refractivity contribution in [2.24, 2.45) is 0 Å². The van der Waals surface area contributed by atoms with Crippen LogP contribution in [-0.2, 0) is 0 Å². The Kier molecular flexibility index (Phi) is 4.29. The van der Waals surface area contributed by atoms with Crippen molar-refractivity contribution in [2.45, 2.75) is 25.4 Å². The van der Waals surface area contributed by atoms with E-state index in [1.165, 1.54) is 18.2 Å². The van der Waals surface area contributed by atoms with E-state index >= 15 is 0 Å². The number of fused-ring (bicyclic) bond motifs is 1. The second-order valence-electron chi connectivity index (χ2n) is 4.40. The van der Waals surface area contributed by atoms with Crippen LogP contribution >= 0.6 is 0 Å². The summed E-state index contributed by atoms with van der Waals surface area (Å²) in [6.45, 7) is 0.247. The molecule has 6 nitrogen and oxygen atoms in total. The van der Waals surface area contributed by atoms with Gasteiger partial charge < -0.3 is 9.73 Å². The number of alkyl halides is 3. The summed E-state index contributed by atoms with van der Waals surface area (Å²) in [5.41, 5.74) is 0.184. The zero-order valence-corrected chi connectivity index (χ0v) is 10.8. The highest BCUT2D eigenvalue weighted by atomic mass is 19.4. The van der Waals surface area contributed by atoms with E-state index in [0.717, 1.165) is 0 Å². The van der Waals surface area contributed by atoms with Crippen molar-refractivity contribution in [1.82, 2.24) is 4.98 Å². The third kappa shape index (κ3) is 4.07. The summed E-state index contributed by atoms with van der Waals surface area (Å²) in [6.07, 6.45) is -4.71. The molecule has 0 fully saturated rings. The molecule has 0 atom stereocenters. The Balaban J connectivity index is 1.94. The fourth-order valence-electron chi connectivity index (χ4n) is 1.80. The van der Waals surface area contributed by atoms with E-state index in [-0.39, 0.29) is 35.8 Å². The molecule has 2 rings (SSSR count). The van der Waals surface area contributed by atoms with E-state index in [9.17, 15) is 23.3 Å². The summed E-state index contributed by atoms with van der Waals surface area (Å²) in [6, 6.07) is 4.37. The van der Waals surface area contributed by atoms with Gasteiger partial charge in [0.05, 0.1) is 4.92 Å². The van der Waals surface area contributed by atoms with Crippen molar-refractivity contribution in [2.75, 3.05) is 11.9 Å². The number of hydrogen-bond donors (Lipinski definition) is 1. The summed E-state index contributed by atoms with van der Waals surface area (Å²) in [4.78, 5) is 14.2. The molecule has 0 aliphatic rings. The smallest absolute Gasteiger partial charge is 0.389 e. The Morgan fingerprint density at radius 2 is 2.10 bits per heavy atom. The number of aromatic nitrogens is 1. The molecular weight excluding hydrogens is 291 g/mol. The second-order valence-corrected chi connectivity index (χ2v) is 4.40. The fourth-order valence-corrected chi connectivity index (χ4v) is 1.80. The minimum absolute atomic E-state index is 0.00310. The quantitative estimate of drug-likeness (QED) is 0.497. The monoisotopic (exact) mass is 303 g/mol. The van der Waals surface area contributed by atoms with Crippen LogP contribution in [0.3, 0.4) is 0 Å². The first-order chi connectivity index (χ1) is 9.87. The van der Waals surface area contributed by atoms with Gasteiger partial charge in [-0.15, -0.1) is 0 Å². The number of benzene rings is 1. The van der Waals surface area contributed by atoms with Crippen LogP contribution in [0, 0.1) is 10.1 Å². The first-order valence-corrected chi connectivity index (χ1v) is 6.21. The van der Waals surface area contributed by atoms with Gasteiger partial charge in [-0.2, -0.15) is 18.2 Å². The van der Waals surface area contributed by atoms with E-state index in [1.807, 2.05) is 0 Å². The van der Waals surface area contributed by atoms with Crippen LogP contribution in [-0.4, -0.2) is 22.6 Å². The number of anilines is 1. The second kappa shape index (κ2) is 5.98. The standard InChI is InChI=1S/C12H12F3N3O3/c13-12(14,15)6-1-2-7-16-11-17-10-8(18(19)20)4-3-5-9(10)21-11/h3-5H,1-2,6-7H2,(H,16,17). The first kappa shape index (κ1) is 15.1. The van der Waals surface area contributed by atoms with Gasteiger partial charge in [0.2, 0.25) is 0 Å². The Morgan fingerprint density at radius 3 is 2.76 bits per heavy atom. The van der Waals surface area contributed by atoms with Crippen molar-refractivity contribution in [3.05, 3.63) is 28.3 Å². The molecule has 0 bridgehead atoms. The summed E-state index contributed by atoms with van der Waals surface area (Å²) in [7, 11) is 0. The van der Waals surface area contributed by atoms with Gasteiger partial charge in [0, 0.05) is 19.0 Å². The van der Waals surface area contributed by atoms with Crippen LogP contribution in [0.25, 0.3) is 11.1 Å². The minimum atomic E-state index is -4.15. The van der Waals surface area contributed by atoms with Gasteiger partial charge in [0.15, 0.2) is 11.1 Å². The molecule has 0 unspecified atom stereocenters. The van der Waals surface area contributed by atoms with Gasteiger partial charge in [-0.05, 0) is 18.9 Å². The maximum absolute atomic E-state index is 12.0. The molecule has 0 radical (unpaired) electrons. The van der Waals surface area contributed by atoms with Crippen molar-refractivity contribution < 1.29 is 22.5 Å². The molecular formula is C12H12F3N3O3. The number of hydrogen-bond acceptors (Lipinski definition) is 5. The highest BCUT2D eigenvalue weighted by molar-refractivity contribution is 5.83. The van der Waals surface area contributed by atoms with E-state index in [2.05, 4.69) is 10.3 Å². The number of nitrogens with zero attached hydrogens (tertiary/aromatic N) is 2. The molecule has 21 heavy (non-hydrogen) atoms. The Morgan fingerprint density at radius 1 is 1.33 bits per heavy atom. The third-order valence-corrected chi connectivity index (χ3v) is 2.76. The molecule has 9 heteroatoms. The van der Waals surface area contributed by atoms with Crippen LogP contribution in [0.1, 0.15) is 19.3 Å². The molecule has 0 aliphatic heterocycles. The molecule has 1 aromatic carbocycles. The van der Waals surface area contributed by atoms with Gasteiger partial charge in [0.1, 0.15) is 0 Å². The number of para-hydroxylation sites is 1. The lowest BCUT2D eigenvalue weighted by atomic mass is 10.2. The summed E-state index contributed by atoms with van der Waals surface area (Å²) in [5.74, 6) is 0. The average molecular weight is 303 g/mol. The number of non-ortho nitro benzene ring substituents is 1. The van der Waals surface area contributed by atoms with Crippen LogP contribution < -0.4 is 5.32 Å². The van der Waals surface area contributed by atoms with Crippen molar-refractivity contribution in [1.29, 1.82) is 0 Å². The molecule has 114 valence electrons. The summed E-state index contributed by atoms with van der Waals surface area (Å²) < 4.78 is 41.1. The largest absolute Gasteiger partial charge is 0.423 e.